The summed E-state index contributed by atoms with van der Waals surface area (Å²) >= 11 is 0. The summed E-state index contributed by atoms with van der Waals surface area (Å²) in [7, 11) is -7.79. The maximum absolute atomic E-state index is 16.2. The summed E-state index contributed by atoms with van der Waals surface area (Å²) in [5.41, 5.74) is -1.44. The zero-order chi connectivity index (χ0) is 45.2. The molecule has 2 amide bonds. The summed E-state index contributed by atoms with van der Waals surface area (Å²) in [6, 6.07) is 8.62. The molecule has 5 aromatic rings. The molecule has 1 aromatic carbocycles. The van der Waals surface area contributed by atoms with E-state index >= 15 is 4.39 Å². The van der Waals surface area contributed by atoms with Gasteiger partial charge in [-0.05, 0) is 36.7 Å². The highest BCUT2D eigenvalue weighted by atomic mass is 31.2. The second kappa shape index (κ2) is 16.6. The largest absolute Gasteiger partial charge is 0.472 e. The van der Waals surface area contributed by atoms with Crippen molar-refractivity contribution in [1.82, 2.24) is 39.0 Å². The first-order valence-corrected chi connectivity index (χ1v) is 24.9. The van der Waals surface area contributed by atoms with E-state index in [0.29, 0.717) is 11.2 Å². The fourth-order valence-electron chi connectivity index (χ4n) is 7.45. The Hall–Kier alpha value is -4.84. The number of fused-ring (bicyclic) bond motifs is 4. The van der Waals surface area contributed by atoms with Crippen LogP contribution >= 0.6 is 7.82 Å². The number of nitrogens with zero attached hydrogens (tertiary/aromatic N) is 7. The Balaban J connectivity index is 1.07. The number of ether oxygens (including phenoxy) is 3. The minimum Gasteiger partial charge on any atom is -0.408 e. The van der Waals surface area contributed by atoms with Crippen LogP contribution in [0.5, 0.6) is 0 Å². The van der Waals surface area contributed by atoms with Crippen LogP contribution in [0.1, 0.15) is 70.8 Å². The molecule has 63 heavy (non-hydrogen) atoms. The highest BCUT2D eigenvalue weighted by Crippen LogP contribution is 2.55. The fourth-order valence-corrected chi connectivity index (χ4v) is 9.76. The number of hydrogen-bond donors (Lipinski definition) is 4. The molecule has 4 N–H and O–H groups in total. The van der Waals surface area contributed by atoms with E-state index in [2.05, 4.69) is 61.3 Å². The van der Waals surface area contributed by atoms with E-state index in [-0.39, 0.29) is 46.5 Å². The number of benzene rings is 1. The van der Waals surface area contributed by atoms with Crippen LogP contribution in [0.3, 0.4) is 0 Å². The fraction of sp³-hybridized carbons (Fsp3) is 0.538. The molecule has 0 saturated carbocycles. The van der Waals surface area contributed by atoms with E-state index in [9.17, 15) is 23.8 Å². The molecule has 24 heteroatoms. The highest BCUT2D eigenvalue weighted by molar-refractivity contribution is 7.47. The van der Waals surface area contributed by atoms with Gasteiger partial charge in [0.2, 0.25) is 11.9 Å². The quantitative estimate of drug-likeness (QED) is 0.0843. The Morgan fingerprint density at radius 3 is 2.44 bits per heavy atom. The van der Waals surface area contributed by atoms with E-state index in [0.717, 1.165) is 0 Å². The van der Waals surface area contributed by atoms with Crippen LogP contribution in [-0.2, 0) is 37.0 Å². The Bertz CT molecular complexity index is 2640. The van der Waals surface area contributed by atoms with Gasteiger partial charge >= 0.3 is 7.82 Å². The van der Waals surface area contributed by atoms with Crippen molar-refractivity contribution in [3.05, 3.63) is 65.2 Å². The average Bonchev–Trinajstić information content (AvgIpc) is 4.05. The minimum atomic E-state index is -5.19. The van der Waals surface area contributed by atoms with Crippen LogP contribution in [0.2, 0.25) is 18.1 Å². The number of alkyl halides is 1. The number of halogens is 1. The summed E-state index contributed by atoms with van der Waals surface area (Å²) in [5.74, 6) is -1.28. The maximum Gasteiger partial charge on any atom is 0.472 e. The molecule has 3 aliphatic rings. The summed E-state index contributed by atoms with van der Waals surface area (Å²) in [6.07, 6.45) is -4.73. The number of imidazole rings is 2. The third-order valence-electron chi connectivity index (χ3n) is 12.0. The SMILES string of the molecule is CC[C@H]1O[C@@H](n2cnc3c(=O)[nH]c(NC(=O)C(C)C)nc32)[C@H](OP(=O)(O)OC[C@@]23CO[C@@H]([C@H](n4cnc5c(NC(=O)c6ccccc6)ncnc54)O2)[C@@H]3O[Si](C)(C)C(C)(C)C)C1F. The second-order valence-electron chi connectivity index (χ2n) is 17.6. The van der Waals surface area contributed by atoms with E-state index < -0.39 is 94.7 Å². The van der Waals surface area contributed by atoms with Crippen molar-refractivity contribution in [2.24, 2.45) is 5.92 Å². The third kappa shape index (κ3) is 8.37. The van der Waals surface area contributed by atoms with Crippen LogP contribution in [0.25, 0.3) is 22.3 Å². The first-order chi connectivity index (χ1) is 29.7. The van der Waals surface area contributed by atoms with E-state index in [1.807, 2.05) is 13.1 Å². The Kier molecular flexibility index (Phi) is 11.8. The minimum absolute atomic E-state index is 0.0962. The number of phosphoric acid groups is 1. The topological polar surface area (TPSA) is 258 Å². The Labute approximate surface area is 361 Å². The van der Waals surface area contributed by atoms with Crippen LogP contribution in [0.15, 0.2) is 54.1 Å². The molecule has 21 nitrogen and oxygen atoms in total. The molecule has 4 aromatic heterocycles. The lowest BCUT2D eigenvalue weighted by atomic mass is 10.0. The predicted molar refractivity (Wildman–Crippen MR) is 226 cm³/mol. The van der Waals surface area contributed by atoms with Crippen molar-refractivity contribution >= 4 is 62.0 Å². The van der Waals surface area contributed by atoms with Gasteiger partial charge in [0.25, 0.3) is 11.5 Å². The van der Waals surface area contributed by atoms with Gasteiger partial charge in [0.05, 0.1) is 32.0 Å². The van der Waals surface area contributed by atoms with Crippen molar-refractivity contribution in [3.8, 4) is 0 Å². The van der Waals surface area contributed by atoms with E-state index in [4.69, 9.17) is 27.7 Å². The highest BCUT2D eigenvalue weighted by Gasteiger charge is 2.65. The van der Waals surface area contributed by atoms with Crippen LogP contribution in [-0.4, -0.2) is 113 Å². The summed E-state index contributed by atoms with van der Waals surface area (Å²) in [5, 5.41) is 5.04. The lowest BCUT2D eigenvalue weighted by Crippen LogP contribution is -2.53. The summed E-state index contributed by atoms with van der Waals surface area (Å²) in [4.78, 5) is 73.9. The summed E-state index contributed by atoms with van der Waals surface area (Å²) < 4.78 is 70.4. The van der Waals surface area contributed by atoms with Gasteiger partial charge in [-0.1, -0.05) is 59.7 Å². The molecule has 338 valence electrons. The molecular formula is C39H50FN10O11PSi. The van der Waals surface area contributed by atoms with Gasteiger partial charge in [-0.25, -0.2) is 28.9 Å². The van der Waals surface area contributed by atoms with Crippen LogP contribution < -0.4 is 16.2 Å². The lowest BCUT2D eigenvalue weighted by Gasteiger charge is -2.40. The van der Waals surface area contributed by atoms with E-state index in [1.165, 1.54) is 23.5 Å². The second-order valence-corrected chi connectivity index (χ2v) is 23.8. The number of carbonyl (C=O) groups excluding carboxylic acids is 2. The van der Waals surface area contributed by atoms with Gasteiger partial charge in [-0.2, -0.15) is 4.98 Å². The molecule has 0 spiro atoms. The number of rotatable bonds is 14. The number of aromatic amines is 1. The van der Waals surface area contributed by atoms with Crippen molar-refractivity contribution in [2.75, 3.05) is 23.8 Å². The predicted octanol–water partition coefficient (Wildman–Crippen LogP) is 5.01. The molecule has 9 atom stereocenters. The number of anilines is 2. The number of H-pyrrole nitrogens is 1. The lowest BCUT2D eigenvalue weighted by molar-refractivity contribution is -0.184. The molecule has 8 rings (SSSR count). The standard InChI is InChI=1S/C39H50FN10O11PSi/c1-9-22-23(40)26(35(58-22)50-19-44-25-31(50)46-37(48-34(25)53)47-32(51)20(2)3)60-62(54,55)57-16-39-15-56-27(28(39)61-63(7,8)38(4,5)6)36(59-39)49-18-43-24-29(41-17-42-30(24)49)45-33(52)21-13-11-10-12-14-21/h10-14,17-20,22-23,26-28,35-36H,9,15-16H2,1-8H3,(H,54,55)(H,41,42,45,52)(H2,46,47,48,51,53)/t22-,23?,26-,27-,28+,35-,36-,39-/m1/s1. The number of carbonyl (C=O) groups is 2. The molecule has 0 aliphatic carbocycles. The number of aromatic nitrogens is 8. The molecule has 2 bridgehead atoms. The monoisotopic (exact) mass is 912 g/mol. The van der Waals surface area contributed by atoms with Crippen LogP contribution in [0, 0.1) is 5.92 Å². The Morgan fingerprint density at radius 2 is 1.76 bits per heavy atom. The first-order valence-electron chi connectivity index (χ1n) is 20.5. The van der Waals surface area contributed by atoms with Crippen molar-refractivity contribution in [2.45, 2.75) is 115 Å². The molecule has 3 fully saturated rings. The number of hydrogen-bond acceptors (Lipinski definition) is 15. The normalized spacial score (nSPS) is 27.1. The zero-order valence-electron chi connectivity index (χ0n) is 35.8. The van der Waals surface area contributed by atoms with Crippen molar-refractivity contribution in [3.63, 3.8) is 0 Å². The summed E-state index contributed by atoms with van der Waals surface area (Å²) in [6.45, 7) is 14.6. The molecule has 3 saturated heterocycles. The maximum atomic E-state index is 16.2. The third-order valence-corrected chi connectivity index (χ3v) is 17.4. The molecule has 2 unspecified atom stereocenters. The molecule has 3 aliphatic heterocycles. The van der Waals surface area contributed by atoms with E-state index in [1.54, 1.807) is 55.7 Å². The molecule has 7 heterocycles. The molecular weight excluding hydrogens is 863 g/mol. The Morgan fingerprint density at radius 1 is 1.06 bits per heavy atom. The van der Waals surface area contributed by atoms with Gasteiger partial charge in [-0.3, -0.25) is 42.9 Å². The molecule has 0 radical (unpaired) electrons. The first kappa shape index (κ1) is 44.8. The smallest absolute Gasteiger partial charge is 0.408 e. The van der Waals surface area contributed by atoms with Crippen molar-refractivity contribution < 1.29 is 51.1 Å². The number of nitrogens with one attached hydrogen (secondary N) is 3. The van der Waals surface area contributed by atoms with Gasteiger partial charge < -0.3 is 28.8 Å². The van der Waals surface area contributed by atoms with Gasteiger partial charge in [0.1, 0.15) is 30.2 Å². The van der Waals surface area contributed by atoms with Gasteiger partial charge in [0, 0.05) is 11.5 Å². The van der Waals surface area contributed by atoms with Crippen LogP contribution in [0.4, 0.5) is 16.2 Å². The number of phosphoric ester groups is 1. The van der Waals surface area contributed by atoms with Gasteiger partial charge in [-0.15, -0.1) is 0 Å². The number of amides is 2. The van der Waals surface area contributed by atoms with Crippen molar-refractivity contribution in [1.29, 1.82) is 0 Å². The average molecular weight is 913 g/mol. The van der Waals surface area contributed by atoms with Gasteiger partial charge in [0.15, 0.2) is 55.1 Å². The zero-order valence-corrected chi connectivity index (χ0v) is 37.7.